The molecule has 3 aromatic heterocycles. The molecule has 0 bridgehead atoms. The molecule has 13 heteroatoms. The molecule has 1 fully saturated rings. The second-order valence-corrected chi connectivity index (χ2v) is 14.1. The molecule has 5 heterocycles. The lowest BCUT2D eigenvalue weighted by atomic mass is 9.98. The summed E-state index contributed by atoms with van der Waals surface area (Å²) >= 11 is 1.38. The molecule has 2 amide bonds. The average molecular weight is 694 g/mol. The first-order valence-electron chi connectivity index (χ1n) is 17.6. The number of fused-ring (bicyclic) bond motifs is 1. The lowest BCUT2D eigenvalue weighted by molar-refractivity contribution is -0.132. The number of nitrogens with zero attached hydrogens (tertiary/aromatic N) is 7. The van der Waals surface area contributed by atoms with Crippen LogP contribution in [-0.2, 0) is 16.6 Å². The first kappa shape index (κ1) is 31.0. The number of hydrogen-bond donors (Lipinski definition) is 2. The maximum atomic E-state index is 13.9. The van der Waals surface area contributed by atoms with Gasteiger partial charge in [0.1, 0.15) is 16.8 Å². The van der Waals surface area contributed by atoms with Crippen molar-refractivity contribution in [3.05, 3.63) is 78.8 Å². The molecule has 2 N–H and O–H groups in total. The number of H-pyrrole nitrogens is 1. The Kier molecular flexibility index (Phi) is 8.73. The van der Waals surface area contributed by atoms with Gasteiger partial charge < -0.3 is 15.0 Å². The van der Waals surface area contributed by atoms with E-state index in [-0.39, 0.29) is 25.1 Å². The van der Waals surface area contributed by atoms with Crippen LogP contribution in [0.2, 0.25) is 0 Å². The van der Waals surface area contributed by atoms with Crippen LogP contribution in [0.15, 0.2) is 73.2 Å². The molecular formula is C37H41N9O3S. The number of thioether (sulfide) groups is 1. The van der Waals surface area contributed by atoms with E-state index in [1.807, 2.05) is 81.8 Å². The van der Waals surface area contributed by atoms with Gasteiger partial charge in [-0.05, 0) is 68.3 Å². The van der Waals surface area contributed by atoms with Crippen molar-refractivity contribution in [3.8, 4) is 28.5 Å². The number of anilines is 1. The van der Waals surface area contributed by atoms with Gasteiger partial charge in [0.05, 0.1) is 20.9 Å². The molecule has 1 saturated heterocycles. The quantitative estimate of drug-likeness (QED) is 0.201. The molecule has 2 aliphatic heterocycles. The number of aromatic amines is 1. The van der Waals surface area contributed by atoms with E-state index in [0.717, 1.165) is 33.2 Å². The molecule has 0 spiro atoms. The van der Waals surface area contributed by atoms with E-state index in [0.29, 0.717) is 49.0 Å². The van der Waals surface area contributed by atoms with Crippen molar-refractivity contribution in [1.82, 2.24) is 39.7 Å². The number of aryl methyl sites for hydroxylation is 1. The van der Waals surface area contributed by atoms with E-state index in [1.165, 1.54) is 16.7 Å². The Balaban J connectivity index is 0.998. The van der Waals surface area contributed by atoms with Gasteiger partial charge in [-0.25, -0.2) is 9.97 Å². The number of aromatic nitrogens is 6. The zero-order valence-electron chi connectivity index (χ0n) is 30.5. The van der Waals surface area contributed by atoms with Gasteiger partial charge in [-0.3, -0.25) is 24.3 Å². The summed E-state index contributed by atoms with van der Waals surface area (Å²) in [6, 6.07) is 17.3. The van der Waals surface area contributed by atoms with E-state index in [1.54, 1.807) is 28.2 Å². The number of carbonyl (C=O) groups is 2. The van der Waals surface area contributed by atoms with Crippen LogP contribution in [0.25, 0.3) is 39.1 Å². The number of pyridine rings is 1. The first-order chi connectivity index (χ1) is 25.0. The Hall–Kier alpha value is -5.01. The summed E-state index contributed by atoms with van der Waals surface area (Å²) in [7, 11) is 1.83. The van der Waals surface area contributed by atoms with Gasteiger partial charge in [-0.15, -0.1) is 11.8 Å². The van der Waals surface area contributed by atoms with Crippen LogP contribution in [0.3, 0.4) is 0 Å². The van der Waals surface area contributed by atoms with Gasteiger partial charge in [-0.2, -0.15) is 10.2 Å². The highest BCUT2D eigenvalue weighted by atomic mass is 32.2. The van der Waals surface area contributed by atoms with Crippen LogP contribution in [0.5, 0.6) is 5.88 Å². The Morgan fingerprint density at radius 1 is 1.08 bits per heavy atom. The molecule has 1 atom stereocenters. The fourth-order valence-electron chi connectivity index (χ4n) is 6.34. The number of amides is 2. The molecule has 0 radical (unpaired) electrons. The highest BCUT2D eigenvalue weighted by Gasteiger charge is 2.44. The third kappa shape index (κ3) is 7.01. The fourth-order valence-corrected chi connectivity index (χ4v) is 7.15. The zero-order chi connectivity index (χ0) is 36.6. The molecule has 1 unspecified atom stereocenters. The maximum absolute atomic E-state index is 13.9. The summed E-state index contributed by atoms with van der Waals surface area (Å²) in [6.45, 7) is 2.70. The summed E-state index contributed by atoms with van der Waals surface area (Å²) < 4.78 is 24.2. The second kappa shape index (κ2) is 14.1. The summed E-state index contributed by atoms with van der Waals surface area (Å²) in [4.78, 5) is 39.3. The predicted octanol–water partition coefficient (Wildman–Crippen LogP) is 5.27. The molecule has 12 nitrogen and oxygen atoms in total. The minimum absolute atomic E-state index is 0.0135. The average Bonchev–Trinajstić information content (AvgIpc) is 3.91. The standard InChI is InChI=1S/C37H41N9O3S/c1-24(2)49-32-12-9-28(20-38-32)34-30-19-29(10-11-31(30)41-42-34)40-36(48)37(50-4)15-18-45(22-37)21-33(47)46-16-13-26(14-17-46)25-5-7-27(8-6-25)35-39-23-44(3)43-35/h5-13,19-20,23-24H,14-18,21-22H2,1-4H3,(H,40,48)(H,41,42)/i21D2. The number of nitrogens with one attached hydrogen (secondary N) is 2. The lowest BCUT2D eigenvalue weighted by Crippen LogP contribution is -2.45. The van der Waals surface area contributed by atoms with Gasteiger partial charge in [0.25, 0.3) is 0 Å². The van der Waals surface area contributed by atoms with Crippen LogP contribution < -0.4 is 10.1 Å². The maximum Gasteiger partial charge on any atom is 0.241 e. The van der Waals surface area contributed by atoms with Crippen LogP contribution in [0.1, 0.15) is 35.0 Å². The fraction of sp³-hybridized carbons (Fsp3) is 0.351. The molecule has 0 saturated carbocycles. The molecular weight excluding hydrogens is 651 g/mol. The molecule has 2 aliphatic rings. The van der Waals surface area contributed by atoms with Gasteiger partial charge in [0.15, 0.2) is 5.82 Å². The second-order valence-electron chi connectivity index (χ2n) is 12.9. The predicted molar refractivity (Wildman–Crippen MR) is 197 cm³/mol. The van der Waals surface area contributed by atoms with Crippen molar-refractivity contribution in [3.63, 3.8) is 0 Å². The van der Waals surface area contributed by atoms with Gasteiger partial charge in [0.2, 0.25) is 17.7 Å². The molecule has 258 valence electrons. The smallest absolute Gasteiger partial charge is 0.241 e. The lowest BCUT2D eigenvalue weighted by Gasteiger charge is -2.29. The number of benzene rings is 2. The van der Waals surface area contributed by atoms with Crippen LogP contribution in [0, 0.1) is 0 Å². The van der Waals surface area contributed by atoms with Crippen molar-refractivity contribution < 1.29 is 17.1 Å². The summed E-state index contributed by atoms with van der Waals surface area (Å²) in [5.74, 6) is 0.370. The largest absolute Gasteiger partial charge is 0.475 e. The normalized spacial score (nSPS) is 19.0. The zero-order valence-corrected chi connectivity index (χ0v) is 29.3. The van der Waals surface area contributed by atoms with E-state index in [9.17, 15) is 9.59 Å². The van der Waals surface area contributed by atoms with Crippen molar-refractivity contribution >= 4 is 45.7 Å². The highest BCUT2D eigenvalue weighted by Crippen LogP contribution is 2.36. The first-order valence-corrected chi connectivity index (χ1v) is 17.9. The Morgan fingerprint density at radius 3 is 2.56 bits per heavy atom. The minimum Gasteiger partial charge on any atom is -0.475 e. The van der Waals surface area contributed by atoms with Gasteiger partial charge in [-0.1, -0.05) is 30.3 Å². The topological polar surface area (TPSA) is 134 Å². The van der Waals surface area contributed by atoms with Crippen molar-refractivity contribution in [2.75, 3.05) is 44.2 Å². The van der Waals surface area contributed by atoms with E-state index in [4.69, 9.17) is 7.48 Å². The number of likely N-dealkylation sites (tertiary alicyclic amines) is 1. The number of carbonyl (C=O) groups excluding carboxylic acids is 2. The molecule has 50 heavy (non-hydrogen) atoms. The third-order valence-corrected chi connectivity index (χ3v) is 10.4. The van der Waals surface area contributed by atoms with E-state index >= 15 is 0 Å². The minimum atomic E-state index is -2.27. The highest BCUT2D eigenvalue weighted by molar-refractivity contribution is 8.00. The molecule has 5 aromatic rings. The Bertz CT molecular complexity index is 2130. The van der Waals surface area contributed by atoms with E-state index in [2.05, 4.69) is 30.6 Å². The van der Waals surface area contributed by atoms with Crippen molar-refractivity contribution in [1.29, 1.82) is 0 Å². The number of rotatable bonds is 10. The summed E-state index contributed by atoms with van der Waals surface area (Å²) in [6.07, 6.45) is 8.24. The number of ether oxygens (including phenoxy) is 1. The summed E-state index contributed by atoms with van der Waals surface area (Å²) in [5, 5.41) is 15.8. The third-order valence-electron chi connectivity index (χ3n) is 9.09. The van der Waals surface area contributed by atoms with Crippen molar-refractivity contribution in [2.24, 2.45) is 7.05 Å². The Morgan fingerprint density at radius 2 is 1.88 bits per heavy atom. The van der Waals surface area contributed by atoms with E-state index < -0.39 is 17.2 Å². The number of hydrogen-bond acceptors (Lipinski definition) is 9. The molecule has 7 rings (SSSR count). The monoisotopic (exact) mass is 693 g/mol. The summed E-state index contributed by atoms with van der Waals surface area (Å²) in [5.41, 5.74) is 5.99. The van der Waals surface area contributed by atoms with Gasteiger partial charge >= 0.3 is 0 Å². The van der Waals surface area contributed by atoms with Crippen LogP contribution in [-0.4, -0.2) is 101 Å². The van der Waals surface area contributed by atoms with Gasteiger partial charge in [0, 0.05) is 67.7 Å². The van der Waals surface area contributed by atoms with Crippen LogP contribution in [0.4, 0.5) is 5.69 Å². The Labute approximate surface area is 298 Å². The molecule has 2 aromatic carbocycles. The van der Waals surface area contributed by atoms with Crippen molar-refractivity contribution in [2.45, 2.75) is 37.5 Å². The molecule has 0 aliphatic carbocycles. The SMILES string of the molecule is [2H]C([2H])(C(=O)N1CC=C(c2ccc(-c3ncn(C)n3)cc2)CC1)N1CCC(SC)(C(=O)Nc2ccc3[nH]nc(-c4ccc(OC(C)C)nc4)c3c2)C1. The van der Waals surface area contributed by atoms with Crippen LogP contribution >= 0.6 is 11.8 Å².